The number of para-hydroxylation sites is 2. The molecule has 4 heteroatoms. The number of hydrogen-bond donors (Lipinski definition) is 2. The Kier molecular flexibility index (Phi) is 18.1. The molecule has 10 rings (SSSR count). The molecule has 0 saturated carbocycles. The van der Waals surface area contributed by atoms with E-state index >= 15 is 0 Å². The molecule has 2 N–H and O–H groups in total. The van der Waals surface area contributed by atoms with E-state index in [0.717, 1.165) is 56.9 Å². The average molecular weight is 977 g/mol. The zero-order valence-corrected chi connectivity index (χ0v) is 44.4. The molecule has 0 bridgehead atoms. The maximum absolute atomic E-state index is 3.45. The maximum atomic E-state index is 3.45. The van der Waals surface area contributed by atoms with Gasteiger partial charge in [-0.25, -0.2) is 0 Å². The Balaban J connectivity index is 0.000000220. The smallest absolute Gasteiger partial charge is 0.0464 e. The third kappa shape index (κ3) is 14.1. The first-order valence-electron chi connectivity index (χ1n) is 26.0. The van der Waals surface area contributed by atoms with Crippen molar-refractivity contribution in [3.8, 4) is 33.4 Å². The summed E-state index contributed by atoms with van der Waals surface area (Å²) in [6, 6.07) is 92.3. The Hall–Kier alpha value is -9.12. The van der Waals surface area contributed by atoms with Crippen LogP contribution in [0.5, 0.6) is 0 Å². The Bertz CT molecular complexity index is 3330. The van der Waals surface area contributed by atoms with Gasteiger partial charge in [-0.2, -0.15) is 0 Å². The van der Waals surface area contributed by atoms with Crippen LogP contribution in [0.4, 0.5) is 51.2 Å². The molecule has 10 aromatic rings. The third-order valence-corrected chi connectivity index (χ3v) is 12.6. The molecular formula is C71H68N4. The van der Waals surface area contributed by atoms with Crippen LogP contribution >= 0.6 is 0 Å². The van der Waals surface area contributed by atoms with Gasteiger partial charge in [-0.15, -0.1) is 0 Å². The van der Waals surface area contributed by atoms with Crippen LogP contribution in [0, 0.1) is 13.8 Å². The molecule has 0 atom stereocenters. The predicted molar refractivity (Wildman–Crippen MR) is 326 cm³/mol. The fourth-order valence-electron chi connectivity index (χ4n) is 8.89. The van der Waals surface area contributed by atoms with E-state index < -0.39 is 0 Å². The van der Waals surface area contributed by atoms with Crippen molar-refractivity contribution < 1.29 is 0 Å². The molecule has 0 aliphatic heterocycles. The van der Waals surface area contributed by atoms with E-state index in [2.05, 4.69) is 303 Å². The first-order valence-corrected chi connectivity index (χ1v) is 26.0. The fourth-order valence-corrected chi connectivity index (χ4v) is 8.89. The van der Waals surface area contributed by atoms with Gasteiger partial charge in [-0.3, -0.25) is 0 Å². The molecule has 0 aromatic heterocycles. The highest BCUT2D eigenvalue weighted by Gasteiger charge is 2.15. The van der Waals surface area contributed by atoms with Crippen molar-refractivity contribution >= 4 is 51.2 Å². The van der Waals surface area contributed by atoms with Crippen LogP contribution in [0.2, 0.25) is 0 Å². The van der Waals surface area contributed by atoms with E-state index in [9.17, 15) is 0 Å². The lowest BCUT2D eigenvalue weighted by molar-refractivity contribution is 1.26. The van der Waals surface area contributed by atoms with Gasteiger partial charge in [0.15, 0.2) is 0 Å². The normalized spacial score (nSPS) is 10.7. The van der Waals surface area contributed by atoms with Crippen LogP contribution in [-0.4, -0.2) is 0 Å². The predicted octanol–water partition coefficient (Wildman–Crippen LogP) is 21.0. The van der Waals surface area contributed by atoms with E-state index in [-0.39, 0.29) is 0 Å². The standard InChI is InChI=1S/C44H36N2.C25H26N2.C2H6/c1-33-11-9-17-43(31-33)46(44-18-10-12-34(2)32-44)42-29-23-38(24-30-42)37-21-27-41(28-22-37)45(39-15-7-4-8-16-39)40-25-19-36(20-26-40)35-13-5-3-6-14-35;1-4-22(18-19(2)3)26-24-14-10-20(11-15-24)21-12-16-25(17-13-21)27-23-8-6-5-7-9-23;1-2/h3-32H,1-2H3;4-18,26-27H,1-3H3;1-2H3/b;22-4+;. The van der Waals surface area contributed by atoms with E-state index in [4.69, 9.17) is 0 Å². The summed E-state index contributed by atoms with van der Waals surface area (Å²) in [5.41, 5.74) is 22.1. The Morgan fingerprint density at radius 1 is 0.333 bits per heavy atom. The molecule has 0 aliphatic rings. The number of rotatable bonds is 14. The number of nitrogens with one attached hydrogen (secondary N) is 2. The van der Waals surface area contributed by atoms with Gasteiger partial charge in [-0.05, 0) is 194 Å². The van der Waals surface area contributed by atoms with Gasteiger partial charge in [-0.1, -0.05) is 177 Å². The van der Waals surface area contributed by atoms with Gasteiger partial charge in [0.2, 0.25) is 0 Å². The van der Waals surface area contributed by atoms with Gasteiger partial charge in [0, 0.05) is 56.9 Å². The monoisotopic (exact) mass is 977 g/mol. The number of hydrogen-bond acceptors (Lipinski definition) is 4. The Morgan fingerprint density at radius 3 is 1.05 bits per heavy atom. The highest BCUT2D eigenvalue weighted by Crippen LogP contribution is 2.39. The number of nitrogens with zero attached hydrogens (tertiary/aromatic N) is 2. The molecule has 10 aromatic carbocycles. The van der Waals surface area contributed by atoms with E-state index in [1.807, 2.05) is 39.0 Å². The van der Waals surface area contributed by atoms with E-state index in [1.54, 1.807) is 0 Å². The Labute approximate surface area is 446 Å². The molecule has 4 nitrogen and oxygen atoms in total. The summed E-state index contributed by atoms with van der Waals surface area (Å²) in [4.78, 5) is 4.64. The van der Waals surface area contributed by atoms with Crippen LogP contribution in [0.25, 0.3) is 33.4 Å². The maximum Gasteiger partial charge on any atom is 0.0464 e. The third-order valence-electron chi connectivity index (χ3n) is 12.6. The Morgan fingerprint density at radius 2 is 0.653 bits per heavy atom. The molecule has 0 heterocycles. The number of anilines is 9. The molecule has 0 aliphatic carbocycles. The molecule has 0 saturated heterocycles. The quantitative estimate of drug-likeness (QED) is 0.106. The van der Waals surface area contributed by atoms with E-state index in [0.29, 0.717) is 0 Å². The van der Waals surface area contributed by atoms with Crippen LogP contribution in [0.3, 0.4) is 0 Å². The zero-order valence-electron chi connectivity index (χ0n) is 44.4. The summed E-state index contributed by atoms with van der Waals surface area (Å²) < 4.78 is 0. The number of benzene rings is 10. The molecule has 0 amide bonds. The molecule has 0 fully saturated rings. The summed E-state index contributed by atoms with van der Waals surface area (Å²) >= 11 is 0. The lowest BCUT2D eigenvalue weighted by Crippen LogP contribution is -2.10. The SMILES string of the molecule is C/C=C(\C=C(C)C)Nc1ccc(-c2ccc(Nc3ccccc3)cc2)cc1.CC.Cc1cccc(N(c2ccc(-c3ccc(N(c4ccccc4)c4ccc(-c5ccccc5)cc4)cc3)cc2)c2cccc(C)c2)c1. The van der Waals surface area contributed by atoms with Crippen LogP contribution in [0.15, 0.2) is 284 Å². The molecule has 372 valence electrons. The van der Waals surface area contributed by atoms with Crippen molar-refractivity contribution in [3.63, 3.8) is 0 Å². The van der Waals surface area contributed by atoms with Gasteiger partial charge >= 0.3 is 0 Å². The first-order chi connectivity index (χ1) is 36.8. The summed E-state index contributed by atoms with van der Waals surface area (Å²) in [6.07, 6.45) is 4.23. The van der Waals surface area contributed by atoms with Crippen molar-refractivity contribution in [2.75, 3.05) is 20.4 Å². The largest absolute Gasteiger partial charge is 0.356 e. The lowest BCUT2D eigenvalue weighted by Gasteiger charge is -2.26. The summed E-state index contributed by atoms with van der Waals surface area (Å²) in [5.74, 6) is 0. The second kappa shape index (κ2) is 26.0. The topological polar surface area (TPSA) is 30.5 Å². The van der Waals surface area contributed by atoms with Crippen molar-refractivity contribution in [2.45, 2.75) is 48.5 Å². The van der Waals surface area contributed by atoms with E-state index in [1.165, 1.54) is 50.1 Å². The molecule has 75 heavy (non-hydrogen) atoms. The summed E-state index contributed by atoms with van der Waals surface area (Å²) in [7, 11) is 0. The van der Waals surface area contributed by atoms with Gasteiger partial charge < -0.3 is 20.4 Å². The lowest BCUT2D eigenvalue weighted by atomic mass is 10.0. The van der Waals surface area contributed by atoms with Gasteiger partial charge in [0.05, 0.1) is 0 Å². The molecule has 0 unspecified atom stereocenters. The second-order valence-corrected chi connectivity index (χ2v) is 18.4. The highest BCUT2D eigenvalue weighted by molar-refractivity contribution is 5.82. The highest BCUT2D eigenvalue weighted by atomic mass is 15.1. The van der Waals surface area contributed by atoms with Crippen LogP contribution in [0.1, 0.15) is 45.7 Å². The molecular weight excluding hydrogens is 909 g/mol. The number of allylic oxidation sites excluding steroid dienone is 3. The van der Waals surface area contributed by atoms with Crippen LogP contribution in [-0.2, 0) is 0 Å². The van der Waals surface area contributed by atoms with Crippen molar-refractivity contribution in [3.05, 3.63) is 295 Å². The second-order valence-electron chi connectivity index (χ2n) is 18.4. The van der Waals surface area contributed by atoms with Gasteiger partial charge in [0.25, 0.3) is 0 Å². The summed E-state index contributed by atoms with van der Waals surface area (Å²) in [5, 5.41) is 6.86. The summed E-state index contributed by atoms with van der Waals surface area (Å²) in [6.45, 7) is 14.5. The first kappa shape index (κ1) is 52.2. The molecule has 0 spiro atoms. The molecule has 0 radical (unpaired) electrons. The van der Waals surface area contributed by atoms with Gasteiger partial charge in [0.1, 0.15) is 0 Å². The minimum atomic E-state index is 1.09. The minimum absolute atomic E-state index is 1.09. The van der Waals surface area contributed by atoms with Crippen LogP contribution < -0.4 is 20.4 Å². The average Bonchev–Trinajstić information content (AvgIpc) is 3.45. The zero-order chi connectivity index (χ0) is 52.4. The van der Waals surface area contributed by atoms with Crippen molar-refractivity contribution in [1.82, 2.24) is 0 Å². The van der Waals surface area contributed by atoms with Crippen molar-refractivity contribution in [1.29, 1.82) is 0 Å². The minimum Gasteiger partial charge on any atom is -0.356 e. The van der Waals surface area contributed by atoms with Crippen molar-refractivity contribution in [2.24, 2.45) is 0 Å². The number of aryl methyl sites for hydroxylation is 2. The fraction of sp³-hybridized carbons (Fsp3) is 0.0986.